The first kappa shape index (κ1) is 15.4. The molecule has 0 bridgehead atoms. The summed E-state index contributed by atoms with van der Waals surface area (Å²) >= 11 is 0. The van der Waals surface area contributed by atoms with Gasteiger partial charge in [0.1, 0.15) is 6.04 Å². The van der Waals surface area contributed by atoms with Crippen LogP contribution in [0.4, 0.5) is 0 Å². The van der Waals surface area contributed by atoms with Gasteiger partial charge in [-0.1, -0.05) is 6.92 Å². The summed E-state index contributed by atoms with van der Waals surface area (Å²) in [7, 11) is -2.98. The number of sulfone groups is 1. The summed E-state index contributed by atoms with van der Waals surface area (Å²) in [4.78, 5) is 11.2. The first-order valence-corrected chi connectivity index (χ1v) is 7.35. The van der Waals surface area contributed by atoms with E-state index >= 15 is 0 Å². The van der Waals surface area contributed by atoms with Crippen molar-refractivity contribution in [2.75, 3.05) is 24.7 Å². The fourth-order valence-corrected chi connectivity index (χ4v) is 2.45. The summed E-state index contributed by atoms with van der Waals surface area (Å²) in [6, 6.07) is -0.461. The van der Waals surface area contributed by atoms with Crippen LogP contribution in [-0.4, -0.2) is 45.1 Å². The fourth-order valence-electron chi connectivity index (χ4n) is 1.19. The lowest BCUT2D eigenvalue weighted by atomic mass is 10.3. The second-order valence-electron chi connectivity index (χ2n) is 3.58. The Bertz CT molecular complexity index is 300. The lowest BCUT2D eigenvalue weighted by molar-refractivity contribution is -0.145. The molecule has 1 N–H and O–H groups in total. The summed E-state index contributed by atoms with van der Waals surface area (Å²) in [5.41, 5.74) is 0. The van der Waals surface area contributed by atoms with Gasteiger partial charge in [-0.15, -0.1) is 0 Å². The number of nitrogens with one attached hydrogen (secondary N) is 1. The molecule has 0 saturated carbocycles. The molecule has 0 aromatic heterocycles. The second-order valence-corrected chi connectivity index (χ2v) is 5.88. The average molecular weight is 251 g/mol. The molecule has 0 aromatic carbocycles. The van der Waals surface area contributed by atoms with E-state index in [1.54, 1.807) is 13.8 Å². The van der Waals surface area contributed by atoms with Gasteiger partial charge in [0.05, 0.1) is 12.4 Å². The molecule has 96 valence electrons. The molecule has 6 heteroatoms. The van der Waals surface area contributed by atoms with Crippen LogP contribution in [0.15, 0.2) is 0 Å². The molecule has 0 aliphatic rings. The van der Waals surface area contributed by atoms with Gasteiger partial charge in [0.25, 0.3) is 0 Å². The first-order valence-electron chi connectivity index (χ1n) is 5.53. The van der Waals surface area contributed by atoms with E-state index in [2.05, 4.69) is 5.32 Å². The zero-order chi connectivity index (χ0) is 12.6. The highest BCUT2D eigenvalue weighted by Crippen LogP contribution is 1.93. The van der Waals surface area contributed by atoms with Crippen molar-refractivity contribution in [3.8, 4) is 0 Å². The van der Waals surface area contributed by atoms with Crippen molar-refractivity contribution in [1.82, 2.24) is 5.32 Å². The topological polar surface area (TPSA) is 72.5 Å². The van der Waals surface area contributed by atoms with Crippen molar-refractivity contribution in [2.45, 2.75) is 33.2 Å². The summed E-state index contributed by atoms with van der Waals surface area (Å²) in [5.74, 6) is -0.0945. The molecule has 1 unspecified atom stereocenters. The van der Waals surface area contributed by atoms with Gasteiger partial charge in [-0.2, -0.15) is 0 Å². The highest BCUT2D eigenvalue weighted by Gasteiger charge is 2.14. The Balaban J connectivity index is 3.86. The van der Waals surface area contributed by atoms with Gasteiger partial charge in [0.2, 0.25) is 0 Å². The second kappa shape index (κ2) is 7.62. The van der Waals surface area contributed by atoms with Crippen molar-refractivity contribution >= 4 is 15.8 Å². The molecule has 16 heavy (non-hydrogen) atoms. The number of carbonyl (C=O) groups excluding carboxylic acids is 1. The molecule has 1 atom stereocenters. The molecule has 0 aliphatic carbocycles. The van der Waals surface area contributed by atoms with E-state index in [1.165, 1.54) is 0 Å². The van der Waals surface area contributed by atoms with Gasteiger partial charge in [-0.25, -0.2) is 8.42 Å². The third kappa shape index (κ3) is 6.79. The first-order chi connectivity index (χ1) is 7.43. The van der Waals surface area contributed by atoms with Gasteiger partial charge >= 0.3 is 5.97 Å². The third-order valence-corrected chi connectivity index (χ3v) is 3.88. The van der Waals surface area contributed by atoms with E-state index in [-0.39, 0.29) is 24.0 Å². The summed E-state index contributed by atoms with van der Waals surface area (Å²) in [6.45, 7) is 5.83. The Labute approximate surface area is 97.5 Å². The highest BCUT2D eigenvalue weighted by atomic mass is 32.2. The maximum Gasteiger partial charge on any atom is 0.322 e. The van der Waals surface area contributed by atoms with Crippen LogP contribution < -0.4 is 5.32 Å². The Morgan fingerprint density at radius 2 is 1.94 bits per heavy atom. The molecule has 0 fully saturated rings. The van der Waals surface area contributed by atoms with Crippen molar-refractivity contribution in [3.63, 3.8) is 0 Å². The SMILES string of the molecule is CCCS(=O)(=O)CCNC(C)C(=O)OCC. The van der Waals surface area contributed by atoms with Crippen LogP contribution in [-0.2, 0) is 19.4 Å². The molecular formula is C10H21NO4S. The maximum absolute atomic E-state index is 11.4. The lowest BCUT2D eigenvalue weighted by Crippen LogP contribution is -2.38. The Morgan fingerprint density at radius 1 is 1.31 bits per heavy atom. The molecule has 0 radical (unpaired) electrons. The molecule has 0 aromatic rings. The van der Waals surface area contributed by atoms with E-state index in [0.717, 1.165) is 0 Å². The summed E-state index contributed by atoms with van der Waals surface area (Å²) in [6.07, 6.45) is 0.621. The largest absolute Gasteiger partial charge is 0.465 e. The van der Waals surface area contributed by atoms with Crippen LogP contribution in [0.3, 0.4) is 0 Å². The molecular weight excluding hydrogens is 230 g/mol. The standard InChI is InChI=1S/C10H21NO4S/c1-4-7-16(13,14)8-6-11-9(3)10(12)15-5-2/h9,11H,4-8H2,1-3H3. The van der Waals surface area contributed by atoms with Crippen molar-refractivity contribution < 1.29 is 17.9 Å². The molecule has 0 rings (SSSR count). The predicted octanol–water partition coefficient (Wildman–Crippen LogP) is 0.352. The van der Waals surface area contributed by atoms with Gasteiger partial charge in [0, 0.05) is 12.3 Å². The van der Waals surface area contributed by atoms with Gasteiger partial charge < -0.3 is 10.1 Å². The third-order valence-electron chi connectivity index (χ3n) is 2.02. The Hall–Kier alpha value is -0.620. The lowest BCUT2D eigenvalue weighted by Gasteiger charge is -2.12. The number of ether oxygens (including phenoxy) is 1. The molecule has 0 heterocycles. The van der Waals surface area contributed by atoms with Crippen LogP contribution in [0.1, 0.15) is 27.2 Å². The zero-order valence-corrected chi connectivity index (χ0v) is 11.0. The van der Waals surface area contributed by atoms with Crippen molar-refractivity contribution in [3.05, 3.63) is 0 Å². The van der Waals surface area contributed by atoms with E-state index in [1.807, 2.05) is 6.92 Å². The van der Waals surface area contributed by atoms with Crippen molar-refractivity contribution in [2.24, 2.45) is 0 Å². The fraction of sp³-hybridized carbons (Fsp3) is 0.900. The predicted molar refractivity (Wildman–Crippen MR) is 63.0 cm³/mol. The number of esters is 1. The monoisotopic (exact) mass is 251 g/mol. The highest BCUT2D eigenvalue weighted by molar-refractivity contribution is 7.91. The van der Waals surface area contributed by atoms with Crippen LogP contribution >= 0.6 is 0 Å². The molecule has 5 nitrogen and oxygen atoms in total. The minimum Gasteiger partial charge on any atom is -0.465 e. The quantitative estimate of drug-likeness (QED) is 0.630. The minimum absolute atomic E-state index is 0.0601. The molecule has 0 aliphatic heterocycles. The maximum atomic E-state index is 11.4. The smallest absolute Gasteiger partial charge is 0.322 e. The number of rotatable bonds is 8. The zero-order valence-electron chi connectivity index (χ0n) is 10.2. The molecule has 0 spiro atoms. The van der Waals surface area contributed by atoms with Gasteiger partial charge in [-0.3, -0.25) is 4.79 Å². The van der Waals surface area contributed by atoms with Crippen LogP contribution in [0, 0.1) is 0 Å². The van der Waals surface area contributed by atoms with Crippen molar-refractivity contribution in [1.29, 1.82) is 0 Å². The van der Waals surface area contributed by atoms with E-state index < -0.39 is 15.9 Å². The summed E-state index contributed by atoms with van der Waals surface area (Å²) in [5, 5.41) is 2.83. The summed E-state index contributed by atoms with van der Waals surface area (Å²) < 4.78 is 27.5. The van der Waals surface area contributed by atoms with Crippen LogP contribution in [0.2, 0.25) is 0 Å². The molecule has 0 saturated heterocycles. The van der Waals surface area contributed by atoms with Gasteiger partial charge in [0.15, 0.2) is 9.84 Å². The normalized spacial score (nSPS) is 13.4. The van der Waals surface area contributed by atoms with Gasteiger partial charge in [-0.05, 0) is 20.3 Å². The number of hydrogen-bond donors (Lipinski definition) is 1. The van der Waals surface area contributed by atoms with Crippen LogP contribution in [0.5, 0.6) is 0 Å². The number of hydrogen-bond acceptors (Lipinski definition) is 5. The minimum atomic E-state index is -2.98. The number of carbonyl (C=O) groups is 1. The van der Waals surface area contributed by atoms with E-state index in [9.17, 15) is 13.2 Å². The molecule has 0 amide bonds. The Morgan fingerprint density at radius 3 is 2.44 bits per heavy atom. The average Bonchev–Trinajstić information content (AvgIpc) is 2.17. The Kier molecular flexibility index (Phi) is 7.33. The van der Waals surface area contributed by atoms with E-state index in [0.29, 0.717) is 13.0 Å². The van der Waals surface area contributed by atoms with Crippen LogP contribution in [0.25, 0.3) is 0 Å². The van der Waals surface area contributed by atoms with E-state index in [4.69, 9.17) is 4.74 Å².